The molecule has 0 spiro atoms. The molecule has 2 saturated heterocycles. The summed E-state index contributed by atoms with van der Waals surface area (Å²) in [5.41, 5.74) is 4.31. The lowest BCUT2D eigenvalue weighted by Crippen LogP contribution is -2.49. The summed E-state index contributed by atoms with van der Waals surface area (Å²) < 4.78 is 14.1. The maximum absolute atomic E-state index is 14.1. The Labute approximate surface area is 211 Å². The van der Waals surface area contributed by atoms with Gasteiger partial charge in [-0.2, -0.15) is 0 Å². The molecule has 0 saturated carbocycles. The van der Waals surface area contributed by atoms with Gasteiger partial charge in [-0.1, -0.05) is 36.4 Å². The van der Waals surface area contributed by atoms with Crippen molar-refractivity contribution in [3.63, 3.8) is 0 Å². The van der Waals surface area contributed by atoms with Crippen molar-refractivity contribution in [1.82, 2.24) is 9.80 Å². The number of piperazine rings is 1. The first-order valence-corrected chi connectivity index (χ1v) is 12.5. The van der Waals surface area contributed by atoms with Crippen LogP contribution in [0.15, 0.2) is 72.8 Å². The average molecular weight is 487 g/mol. The highest BCUT2D eigenvalue weighted by atomic mass is 19.1. The van der Waals surface area contributed by atoms with Crippen LogP contribution >= 0.6 is 0 Å². The molecule has 186 valence electrons. The lowest BCUT2D eigenvalue weighted by Gasteiger charge is -2.37. The van der Waals surface area contributed by atoms with Crippen LogP contribution in [0.1, 0.15) is 27.9 Å². The number of para-hydroxylation sites is 1. The van der Waals surface area contributed by atoms with Gasteiger partial charge in [0.2, 0.25) is 0 Å². The van der Waals surface area contributed by atoms with E-state index in [1.807, 2.05) is 45.0 Å². The zero-order chi connectivity index (χ0) is 25.1. The molecule has 2 aliphatic rings. The van der Waals surface area contributed by atoms with Crippen LogP contribution in [0.5, 0.6) is 0 Å². The van der Waals surface area contributed by atoms with E-state index in [2.05, 4.69) is 19.1 Å². The predicted molar refractivity (Wildman–Crippen MR) is 140 cm³/mol. The summed E-state index contributed by atoms with van der Waals surface area (Å²) in [6, 6.07) is 22.2. The van der Waals surface area contributed by atoms with Crippen LogP contribution in [0.25, 0.3) is 0 Å². The molecule has 0 atom stereocenters. The molecule has 0 radical (unpaired) electrons. The van der Waals surface area contributed by atoms with E-state index in [0.29, 0.717) is 50.5 Å². The van der Waals surface area contributed by atoms with Gasteiger partial charge in [0.1, 0.15) is 5.82 Å². The van der Waals surface area contributed by atoms with Crippen molar-refractivity contribution in [2.45, 2.75) is 19.9 Å². The number of anilines is 2. The van der Waals surface area contributed by atoms with E-state index in [1.54, 1.807) is 29.2 Å². The normalized spacial score (nSPS) is 16.4. The van der Waals surface area contributed by atoms with Gasteiger partial charge in [-0.25, -0.2) is 9.18 Å². The first kappa shape index (κ1) is 23.9. The Morgan fingerprint density at radius 2 is 1.53 bits per heavy atom. The molecular formula is C29H31FN4O2. The summed E-state index contributed by atoms with van der Waals surface area (Å²) in [6.07, 6.45) is 0.893. The number of hydrogen-bond donors (Lipinski definition) is 0. The number of hydrogen-bond acceptors (Lipinski definition) is 3. The quantitative estimate of drug-likeness (QED) is 0.514. The van der Waals surface area contributed by atoms with Crippen molar-refractivity contribution in [2.75, 3.05) is 49.1 Å². The largest absolute Gasteiger partial charge is 0.366 e. The van der Waals surface area contributed by atoms with Crippen molar-refractivity contribution in [1.29, 1.82) is 0 Å². The van der Waals surface area contributed by atoms with Crippen molar-refractivity contribution in [2.24, 2.45) is 0 Å². The number of benzene rings is 3. The molecule has 0 aromatic heterocycles. The number of carbonyl (C=O) groups excluding carboxylic acids is 2. The third-order valence-corrected chi connectivity index (χ3v) is 7.12. The van der Waals surface area contributed by atoms with Crippen LogP contribution in [-0.4, -0.2) is 61.0 Å². The van der Waals surface area contributed by atoms with E-state index >= 15 is 0 Å². The molecule has 7 heteroatoms. The van der Waals surface area contributed by atoms with Gasteiger partial charge >= 0.3 is 6.03 Å². The van der Waals surface area contributed by atoms with Gasteiger partial charge in [0.05, 0.1) is 5.69 Å². The lowest BCUT2D eigenvalue weighted by atomic mass is 10.1. The SMILES string of the molecule is Cc1ccccc1CN1CCCN(c2ccc(C(=O)N3CCN(c4ccccc4F)CC3)cc2)C1=O. The van der Waals surface area contributed by atoms with E-state index < -0.39 is 0 Å². The summed E-state index contributed by atoms with van der Waals surface area (Å²) >= 11 is 0. The summed E-state index contributed by atoms with van der Waals surface area (Å²) in [5.74, 6) is -0.279. The summed E-state index contributed by atoms with van der Waals surface area (Å²) in [7, 11) is 0. The Bertz CT molecular complexity index is 1240. The molecule has 0 N–H and O–H groups in total. The average Bonchev–Trinajstić information content (AvgIpc) is 2.91. The van der Waals surface area contributed by atoms with Gasteiger partial charge in [-0.15, -0.1) is 0 Å². The fourth-order valence-electron chi connectivity index (χ4n) is 4.99. The molecule has 3 aromatic rings. The number of carbonyl (C=O) groups is 2. The van der Waals surface area contributed by atoms with Crippen LogP contribution in [0.3, 0.4) is 0 Å². The molecule has 2 aliphatic heterocycles. The highest BCUT2D eigenvalue weighted by molar-refractivity contribution is 5.96. The highest BCUT2D eigenvalue weighted by Gasteiger charge is 2.28. The zero-order valence-electron chi connectivity index (χ0n) is 20.6. The Kier molecular flexibility index (Phi) is 6.89. The minimum absolute atomic E-state index is 0.00662. The van der Waals surface area contributed by atoms with Crippen LogP contribution in [0.2, 0.25) is 0 Å². The minimum atomic E-state index is -0.238. The number of amides is 3. The van der Waals surface area contributed by atoms with Gasteiger partial charge in [0, 0.05) is 57.1 Å². The van der Waals surface area contributed by atoms with E-state index in [9.17, 15) is 14.0 Å². The maximum atomic E-state index is 14.1. The molecule has 0 bridgehead atoms. The molecule has 36 heavy (non-hydrogen) atoms. The first-order chi connectivity index (χ1) is 17.5. The molecule has 2 fully saturated rings. The number of urea groups is 1. The second kappa shape index (κ2) is 10.4. The number of nitrogens with zero attached hydrogens (tertiary/aromatic N) is 4. The van der Waals surface area contributed by atoms with Gasteiger partial charge in [0.15, 0.2) is 0 Å². The lowest BCUT2D eigenvalue weighted by molar-refractivity contribution is 0.0746. The highest BCUT2D eigenvalue weighted by Crippen LogP contribution is 2.24. The van der Waals surface area contributed by atoms with Gasteiger partial charge in [-0.05, 0) is 60.9 Å². The molecule has 0 unspecified atom stereocenters. The summed E-state index contributed by atoms with van der Waals surface area (Å²) in [4.78, 5) is 33.8. The molecule has 3 aromatic carbocycles. The number of rotatable bonds is 5. The first-order valence-electron chi connectivity index (χ1n) is 12.5. The Morgan fingerprint density at radius 3 is 2.25 bits per heavy atom. The Hall–Kier alpha value is -3.87. The molecule has 6 nitrogen and oxygen atoms in total. The van der Waals surface area contributed by atoms with E-state index in [-0.39, 0.29) is 17.8 Å². The minimum Gasteiger partial charge on any atom is -0.366 e. The smallest absolute Gasteiger partial charge is 0.324 e. The van der Waals surface area contributed by atoms with E-state index in [4.69, 9.17) is 0 Å². The Morgan fingerprint density at radius 1 is 0.833 bits per heavy atom. The molecule has 2 heterocycles. The predicted octanol–water partition coefficient (Wildman–Crippen LogP) is 4.93. The molecule has 3 amide bonds. The fraction of sp³-hybridized carbons (Fsp3) is 0.310. The monoisotopic (exact) mass is 486 g/mol. The van der Waals surface area contributed by atoms with Gasteiger partial charge in [0.25, 0.3) is 5.91 Å². The second-order valence-corrected chi connectivity index (χ2v) is 9.41. The van der Waals surface area contributed by atoms with Crippen molar-refractivity contribution in [3.05, 3.63) is 95.3 Å². The van der Waals surface area contributed by atoms with E-state index in [1.165, 1.54) is 11.6 Å². The molecule has 5 rings (SSSR count). The fourth-order valence-corrected chi connectivity index (χ4v) is 4.99. The zero-order valence-corrected chi connectivity index (χ0v) is 20.6. The third kappa shape index (κ3) is 4.91. The van der Waals surface area contributed by atoms with Crippen LogP contribution in [0.4, 0.5) is 20.6 Å². The topological polar surface area (TPSA) is 47.1 Å². The Balaban J connectivity index is 1.21. The second-order valence-electron chi connectivity index (χ2n) is 9.41. The van der Waals surface area contributed by atoms with Crippen LogP contribution < -0.4 is 9.80 Å². The summed E-state index contributed by atoms with van der Waals surface area (Å²) in [5, 5.41) is 0. The van der Waals surface area contributed by atoms with Crippen molar-refractivity contribution < 1.29 is 14.0 Å². The maximum Gasteiger partial charge on any atom is 0.324 e. The van der Waals surface area contributed by atoms with Crippen molar-refractivity contribution >= 4 is 23.3 Å². The molecule has 0 aliphatic carbocycles. The van der Waals surface area contributed by atoms with Crippen LogP contribution in [-0.2, 0) is 6.54 Å². The van der Waals surface area contributed by atoms with E-state index in [0.717, 1.165) is 24.2 Å². The standard InChI is InChI=1S/C29H31FN4O2/c1-22-7-2-3-8-24(22)21-33-15-6-16-34(29(33)36)25-13-11-23(12-14-25)28(35)32-19-17-31(18-20-32)27-10-5-4-9-26(27)30/h2-5,7-14H,6,15-21H2,1H3. The third-order valence-electron chi connectivity index (χ3n) is 7.12. The molecular weight excluding hydrogens is 455 g/mol. The van der Waals surface area contributed by atoms with Gasteiger partial charge in [-0.3, -0.25) is 9.69 Å². The van der Waals surface area contributed by atoms with Crippen molar-refractivity contribution in [3.8, 4) is 0 Å². The van der Waals surface area contributed by atoms with Gasteiger partial charge < -0.3 is 14.7 Å². The number of halogens is 1. The van der Waals surface area contributed by atoms with Crippen LogP contribution in [0, 0.1) is 12.7 Å². The number of aryl methyl sites for hydroxylation is 1. The summed E-state index contributed by atoms with van der Waals surface area (Å²) in [6.45, 7) is 6.30.